The molecule has 0 atom stereocenters. The molecule has 2 saturated carbocycles. The molecule has 3 nitrogen and oxygen atoms in total. The molecule has 16 heavy (non-hydrogen) atoms. The third-order valence-electron chi connectivity index (χ3n) is 3.95. The number of aromatic nitrogens is 2. The molecule has 3 heteroatoms. The molecule has 0 aliphatic heterocycles. The highest BCUT2D eigenvalue weighted by atomic mass is 14.9. The molecule has 1 aromatic rings. The van der Waals surface area contributed by atoms with Crippen molar-refractivity contribution in [2.45, 2.75) is 39.2 Å². The van der Waals surface area contributed by atoms with Crippen molar-refractivity contribution in [3.63, 3.8) is 0 Å². The van der Waals surface area contributed by atoms with Gasteiger partial charge < -0.3 is 5.32 Å². The fourth-order valence-electron chi connectivity index (χ4n) is 2.63. The maximum Gasteiger partial charge on any atom is 0.125 e. The molecular weight excluding hydrogens is 198 g/mol. The molecule has 0 saturated heterocycles. The Kier molecular flexibility index (Phi) is 2.43. The molecule has 2 fully saturated rings. The van der Waals surface area contributed by atoms with Gasteiger partial charge in [0.15, 0.2) is 0 Å². The van der Waals surface area contributed by atoms with Gasteiger partial charge in [-0.15, -0.1) is 0 Å². The molecule has 2 aliphatic carbocycles. The summed E-state index contributed by atoms with van der Waals surface area (Å²) >= 11 is 0. The zero-order valence-corrected chi connectivity index (χ0v) is 9.87. The van der Waals surface area contributed by atoms with Gasteiger partial charge in [0, 0.05) is 19.3 Å². The number of nitrogens with one attached hydrogen (secondary N) is 1. The monoisotopic (exact) mass is 217 g/mol. The molecule has 0 amide bonds. The van der Waals surface area contributed by atoms with Gasteiger partial charge in [-0.3, -0.25) is 0 Å². The van der Waals surface area contributed by atoms with Crippen LogP contribution in [0.2, 0.25) is 0 Å². The van der Waals surface area contributed by atoms with E-state index in [9.17, 15) is 0 Å². The average Bonchev–Trinajstić information content (AvgIpc) is 3.13. The second-order valence-electron chi connectivity index (χ2n) is 5.34. The first-order valence-corrected chi connectivity index (χ1v) is 6.28. The smallest absolute Gasteiger partial charge is 0.125 e. The molecule has 3 rings (SSSR count). The lowest BCUT2D eigenvalue weighted by molar-refractivity contribution is 0.402. The quantitative estimate of drug-likeness (QED) is 0.820. The Morgan fingerprint density at radius 1 is 1.44 bits per heavy atom. The first kappa shape index (κ1) is 10.2. The van der Waals surface area contributed by atoms with Crippen molar-refractivity contribution in [2.75, 3.05) is 6.54 Å². The van der Waals surface area contributed by atoms with Crippen LogP contribution < -0.4 is 5.32 Å². The van der Waals surface area contributed by atoms with E-state index in [4.69, 9.17) is 0 Å². The van der Waals surface area contributed by atoms with Crippen LogP contribution in [0, 0.1) is 18.3 Å². The molecule has 1 heterocycles. The van der Waals surface area contributed by atoms with Crippen LogP contribution in [0.5, 0.6) is 0 Å². The van der Waals surface area contributed by atoms with Crippen molar-refractivity contribution in [1.29, 1.82) is 0 Å². The highest BCUT2D eigenvalue weighted by Gasteiger charge is 2.53. The summed E-state index contributed by atoms with van der Waals surface area (Å²) in [6.45, 7) is 4.01. The van der Waals surface area contributed by atoms with E-state index in [0.717, 1.165) is 24.0 Å². The third-order valence-corrected chi connectivity index (χ3v) is 3.95. The lowest BCUT2D eigenvalue weighted by Crippen LogP contribution is -2.25. The van der Waals surface area contributed by atoms with E-state index < -0.39 is 0 Å². The molecule has 2 aliphatic rings. The fourth-order valence-corrected chi connectivity index (χ4v) is 2.63. The van der Waals surface area contributed by atoms with Gasteiger partial charge in [-0.05, 0) is 50.0 Å². The van der Waals surface area contributed by atoms with Gasteiger partial charge in [0.2, 0.25) is 0 Å². The molecule has 0 unspecified atom stereocenters. The molecule has 0 aromatic carbocycles. The fraction of sp³-hybridized carbons (Fsp3) is 0.692. The standard InChI is InChI=1S/C13H19N3/c1-10-15-7-4-12(16-10)8-14-9-13(5-6-13)11-2-3-11/h4,7,11,14H,2-3,5-6,8-9H2,1H3. The molecule has 1 aromatic heterocycles. The maximum absolute atomic E-state index is 4.40. The second-order valence-corrected chi connectivity index (χ2v) is 5.34. The van der Waals surface area contributed by atoms with Gasteiger partial charge in [0.05, 0.1) is 5.69 Å². The predicted octanol–water partition coefficient (Wildman–Crippen LogP) is 2.06. The summed E-state index contributed by atoms with van der Waals surface area (Å²) in [6.07, 6.45) is 7.65. The summed E-state index contributed by atoms with van der Waals surface area (Å²) in [6, 6.07) is 2.00. The van der Waals surface area contributed by atoms with Crippen LogP contribution in [0.15, 0.2) is 12.3 Å². The van der Waals surface area contributed by atoms with Crippen LogP contribution >= 0.6 is 0 Å². The number of aryl methyl sites for hydroxylation is 1. The maximum atomic E-state index is 4.40. The first-order chi connectivity index (χ1) is 7.78. The van der Waals surface area contributed by atoms with Crippen LogP contribution in [0.3, 0.4) is 0 Å². The molecular formula is C13H19N3. The predicted molar refractivity (Wildman–Crippen MR) is 62.9 cm³/mol. The normalized spacial score (nSPS) is 22.1. The van der Waals surface area contributed by atoms with Gasteiger partial charge in [0.25, 0.3) is 0 Å². The summed E-state index contributed by atoms with van der Waals surface area (Å²) in [5.74, 6) is 1.90. The molecule has 0 spiro atoms. The van der Waals surface area contributed by atoms with Crippen molar-refractivity contribution < 1.29 is 0 Å². The Morgan fingerprint density at radius 2 is 2.25 bits per heavy atom. The highest BCUT2D eigenvalue weighted by molar-refractivity contribution is 5.06. The Bertz CT molecular complexity index is 381. The second kappa shape index (κ2) is 3.81. The minimum atomic E-state index is 0.683. The molecule has 0 bridgehead atoms. The average molecular weight is 217 g/mol. The van der Waals surface area contributed by atoms with Gasteiger partial charge in [-0.25, -0.2) is 9.97 Å². The summed E-state index contributed by atoms with van der Waals surface area (Å²) in [7, 11) is 0. The Labute approximate surface area is 96.7 Å². The largest absolute Gasteiger partial charge is 0.311 e. The Hall–Kier alpha value is -0.960. The minimum Gasteiger partial charge on any atom is -0.311 e. The van der Waals surface area contributed by atoms with E-state index in [2.05, 4.69) is 15.3 Å². The topological polar surface area (TPSA) is 37.8 Å². The summed E-state index contributed by atoms with van der Waals surface area (Å²) in [5.41, 5.74) is 1.79. The van der Waals surface area contributed by atoms with Crippen molar-refractivity contribution in [3.05, 3.63) is 23.8 Å². The van der Waals surface area contributed by atoms with Crippen molar-refractivity contribution in [2.24, 2.45) is 11.3 Å². The van der Waals surface area contributed by atoms with E-state index >= 15 is 0 Å². The van der Waals surface area contributed by atoms with Crippen molar-refractivity contribution in [3.8, 4) is 0 Å². The van der Waals surface area contributed by atoms with Gasteiger partial charge in [-0.2, -0.15) is 0 Å². The summed E-state index contributed by atoms with van der Waals surface area (Å²) in [5, 5.41) is 3.56. The van der Waals surface area contributed by atoms with Crippen LogP contribution in [0.1, 0.15) is 37.2 Å². The molecule has 1 N–H and O–H groups in total. The van der Waals surface area contributed by atoms with Crippen LogP contribution in [-0.4, -0.2) is 16.5 Å². The van der Waals surface area contributed by atoms with Crippen molar-refractivity contribution >= 4 is 0 Å². The molecule has 0 radical (unpaired) electrons. The SMILES string of the molecule is Cc1nccc(CNCC2(C3CC3)CC2)n1. The lowest BCUT2D eigenvalue weighted by Gasteiger charge is -2.14. The van der Waals surface area contributed by atoms with Crippen LogP contribution in [0.25, 0.3) is 0 Å². The zero-order chi connectivity index (χ0) is 11.0. The summed E-state index contributed by atoms with van der Waals surface area (Å²) in [4.78, 5) is 8.51. The number of hydrogen-bond acceptors (Lipinski definition) is 3. The van der Waals surface area contributed by atoms with Crippen LogP contribution in [0.4, 0.5) is 0 Å². The Morgan fingerprint density at radius 3 is 2.88 bits per heavy atom. The van der Waals surface area contributed by atoms with Gasteiger partial charge in [0.1, 0.15) is 5.82 Å². The minimum absolute atomic E-state index is 0.683. The van der Waals surface area contributed by atoms with Crippen LogP contribution in [-0.2, 0) is 6.54 Å². The van der Waals surface area contributed by atoms with E-state index in [1.807, 2.05) is 19.2 Å². The van der Waals surface area contributed by atoms with E-state index in [-0.39, 0.29) is 0 Å². The number of nitrogens with zero attached hydrogens (tertiary/aromatic N) is 2. The number of rotatable bonds is 5. The van der Waals surface area contributed by atoms with Gasteiger partial charge >= 0.3 is 0 Å². The lowest BCUT2D eigenvalue weighted by atomic mass is 10.0. The summed E-state index contributed by atoms with van der Waals surface area (Å²) < 4.78 is 0. The third kappa shape index (κ3) is 2.09. The van der Waals surface area contributed by atoms with E-state index in [1.54, 1.807) is 0 Å². The zero-order valence-electron chi connectivity index (χ0n) is 9.87. The number of hydrogen-bond donors (Lipinski definition) is 1. The van der Waals surface area contributed by atoms with Crippen molar-refractivity contribution in [1.82, 2.24) is 15.3 Å². The first-order valence-electron chi connectivity index (χ1n) is 6.28. The Balaban J connectivity index is 1.50. The highest BCUT2D eigenvalue weighted by Crippen LogP contribution is 2.60. The molecule has 86 valence electrons. The van der Waals surface area contributed by atoms with E-state index in [0.29, 0.717) is 5.41 Å². The van der Waals surface area contributed by atoms with E-state index in [1.165, 1.54) is 32.2 Å². The van der Waals surface area contributed by atoms with Gasteiger partial charge in [-0.1, -0.05) is 0 Å².